The molecule has 1 rings (SSSR count). The summed E-state index contributed by atoms with van der Waals surface area (Å²) in [4.78, 5) is 10.9. The molecule has 0 radical (unpaired) electrons. The lowest BCUT2D eigenvalue weighted by atomic mass is 9.94. The summed E-state index contributed by atoms with van der Waals surface area (Å²) in [5.74, 6) is 0.120. The van der Waals surface area contributed by atoms with Gasteiger partial charge in [0.2, 0.25) is 0 Å². The lowest BCUT2D eigenvalue weighted by molar-refractivity contribution is 0.0780. The number of hydrogen-bond donors (Lipinski definition) is 1. The number of carbonyl (C=O) groups is 1. The average molecular weight is 232 g/mol. The van der Waals surface area contributed by atoms with Crippen LogP contribution in [0.4, 0.5) is 4.79 Å². The van der Waals surface area contributed by atoms with Crippen molar-refractivity contribution < 1.29 is 9.53 Å². The largest absolute Gasteiger partial charge is 0.441 e. The van der Waals surface area contributed by atoms with E-state index >= 15 is 0 Å². The van der Waals surface area contributed by atoms with Gasteiger partial charge in [-0.25, -0.2) is 4.79 Å². The minimum atomic E-state index is -0.785. The second kappa shape index (κ2) is 5.35. The quantitative estimate of drug-likeness (QED) is 0.870. The van der Waals surface area contributed by atoms with Gasteiger partial charge in [0.05, 0.1) is 11.6 Å². The maximum absolute atomic E-state index is 10.9. The van der Waals surface area contributed by atoms with E-state index in [1.807, 2.05) is 26.8 Å². The summed E-state index contributed by atoms with van der Waals surface area (Å²) in [6.45, 7) is 5.78. The number of primary amides is 1. The summed E-state index contributed by atoms with van der Waals surface area (Å²) in [6.07, 6.45) is -1.16. The molecule has 0 aromatic heterocycles. The van der Waals surface area contributed by atoms with Crippen molar-refractivity contribution in [2.75, 3.05) is 0 Å². The maximum atomic E-state index is 10.9. The van der Waals surface area contributed by atoms with Crippen LogP contribution in [0.1, 0.15) is 36.6 Å². The number of aryl methyl sites for hydroxylation is 1. The van der Waals surface area contributed by atoms with E-state index in [0.29, 0.717) is 5.56 Å². The van der Waals surface area contributed by atoms with Crippen molar-refractivity contribution in [3.8, 4) is 6.07 Å². The van der Waals surface area contributed by atoms with Gasteiger partial charge in [0.1, 0.15) is 6.10 Å². The maximum Gasteiger partial charge on any atom is 0.405 e. The van der Waals surface area contributed by atoms with Crippen LogP contribution in [0.3, 0.4) is 0 Å². The van der Waals surface area contributed by atoms with E-state index in [-0.39, 0.29) is 12.0 Å². The summed E-state index contributed by atoms with van der Waals surface area (Å²) in [6, 6.07) is 7.36. The normalized spacial score (nSPS) is 11.9. The minimum absolute atomic E-state index is 0.120. The van der Waals surface area contributed by atoms with Crippen molar-refractivity contribution in [2.24, 2.45) is 11.7 Å². The van der Waals surface area contributed by atoms with Gasteiger partial charge in [-0.1, -0.05) is 19.9 Å². The molecule has 0 saturated heterocycles. The molecule has 2 N–H and O–H groups in total. The molecule has 90 valence electrons. The summed E-state index contributed by atoms with van der Waals surface area (Å²) in [7, 11) is 0. The highest BCUT2D eigenvalue weighted by atomic mass is 16.6. The van der Waals surface area contributed by atoms with Gasteiger partial charge in [0.25, 0.3) is 0 Å². The summed E-state index contributed by atoms with van der Waals surface area (Å²) >= 11 is 0. The van der Waals surface area contributed by atoms with Crippen LogP contribution in [0.5, 0.6) is 0 Å². The fraction of sp³-hybridized carbons (Fsp3) is 0.385. The predicted octanol–water partition coefficient (Wildman–Crippen LogP) is 2.66. The standard InChI is InChI=1S/C13H16N2O2/c1-8(2)12(17-13(15)16)11-5-4-10(7-14)6-9(11)3/h4-6,8,12H,1-3H3,(H2,15,16). The molecule has 0 aliphatic rings. The van der Waals surface area contributed by atoms with Crippen molar-refractivity contribution in [1.82, 2.24) is 0 Å². The number of amides is 1. The van der Waals surface area contributed by atoms with E-state index in [0.717, 1.165) is 11.1 Å². The number of rotatable bonds is 3. The van der Waals surface area contributed by atoms with Crippen molar-refractivity contribution in [1.29, 1.82) is 5.26 Å². The molecule has 0 saturated carbocycles. The molecule has 0 fully saturated rings. The molecule has 1 amide bonds. The van der Waals surface area contributed by atoms with Gasteiger partial charge in [-0.15, -0.1) is 0 Å². The van der Waals surface area contributed by atoms with Crippen molar-refractivity contribution in [2.45, 2.75) is 26.9 Å². The zero-order valence-electron chi connectivity index (χ0n) is 10.2. The molecule has 17 heavy (non-hydrogen) atoms. The fourth-order valence-electron chi connectivity index (χ4n) is 1.75. The first-order valence-corrected chi connectivity index (χ1v) is 5.42. The zero-order valence-corrected chi connectivity index (χ0v) is 10.2. The van der Waals surface area contributed by atoms with Crippen LogP contribution in [-0.2, 0) is 4.74 Å². The number of nitrogens with zero attached hydrogens (tertiary/aromatic N) is 1. The molecule has 1 aromatic carbocycles. The Labute approximate surface area is 101 Å². The number of ether oxygens (including phenoxy) is 1. The lowest BCUT2D eigenvalue weighted by Gasteiger charge is -2.22. The average Bonchev–Trinajstić information content (AvgIpc) is 2.25. The molecule has 4 heteroatoms. The third-order valence-electron chi connectivity index (χ3n) is 2.55. The Kier molecular flexibility index (Phi) is 4.11. The topological polar surface area (TPSA) is 76.1 Å². The molecule has 0 bridgehead atoms. The summed E-state index contributed by atoms with van der Waals surface area (Å²) in [5.41, 5.74) is 7.46. The number of nitrogens with two attached hydrogens (primary N) is 1. The highest BCUT2D eigenvalue weighted by Crippen LogP contribution is 2.28. The molecular formula is C13H16N2O2. The number of benzene rings is 1. The molecule has 0 heterocycles. The van der Waals surface area contributed by atoms with Crippen LogP contribution in [-0.4, -0.2) is 6.09 Å². The molecule has 0 aliphatic heterocycles. The van der Waals surface area contributed by atoms with E-state index in [2.05, 4.69) is 6.07 Å². The molecule has 1 aromatic rings. The summed E-state index contributed by atoms with van der Waals surface area (Å²) < 4.78 is 5.11. The Morgan fingerprint density at radius 1 is 1.47 bits per heavy atom. The Morgan fingerprint density at radius 3 is 2.53 bits per heavy atom. The first-order valence-electron chi connectivity index (χ1n) is 5.42. The zero-order chi connectivity index (χ0) is 13.0. The van der Waals surface area contributed by atoms with Gasteiger partial charge < -0.3 is 10.5 Å². The number of hydrogen-bond acceptors (Lipinski definition) is 3. The van der Waals surface area contributed by atoms with E-state index in [1.54, 1.807) is 12.1 Å². The fourth-order valence-corrected chi connectivity index (χ4v) is 1.75. The molecule has 4 nitrogen and oxygen atoms in total. The summed E-state index contributed by atoms with van der Waals surface area (Å²) in [5, 5.41) is 8.79. The molecular weight excluding hydrogens is 216 g/mol. The van der Waals surface area contributed by atoms with Gasteiger partial charge in [-0.3, -0.25) is 0 Å². The highest BCUT2D eigenvalue weighted by molar-refractivity contribution is 5.65. The van der Waals surface area contributed by atoms with Crippen LogP contribution < -0.4 is 5.73 Å². The lowest BCUT2D eigenvalue weighted by Crippen LogP contribution is -2.21. The van der Waals surface area contributed by atoms with Gasteiger partial charge in [0, 0.05) is 0 Å². The first kappa shape index (κ1) is 13.0. The molecule has 0 aliphatic carbocycles. The first-order chi connectivity index (χ1) is 7.95. The van der Waals surface area contributed by atoms with E-state index < -0.39 is 6.09 Å². The Balaban J connectivity index is 3.11. The third kappa shape index (κ3) is 3.22. The van der Waals surface area contributed by atoms with Crippen LogP contribution in [0.25, 0.3) is 0 Å². The molecule has 1 unspecified atom stereocenters. The number of nitriles is 1. The van der Waals surface area contributed by atoms with Crippen LogP contribution >= 0.6 is 0 Å². The molecule has 0 spiro atoms. The van der Waals surface area contributed by atoms with Crippen LogP contribution in [0.2, 0.25) is 0 Å². The minimum Gasteiger partial charge on any atom is -0.441 e. The third-order valence-corrected chi connectivity index (χ3v) is 2.55. The monoisotopic (exact) mass is 232 g/mol. The Bertz CT molecular complexity index is 461. The SMILES string of the molecule is Cc1cc(C#N)ccc1C(OC(N)=O)C(C)C. The Hall–Kier alpha value is -2.02. The second-order valence-electron chi connectivity index (χ2n) is 4.28. The molecule has 1 atom stereocenters. The van der Waals surface area contributed by atoms with Crippen molar-refractivity contribution in [3.63, 3.8) is 0 Å². The number of carbonyl (C=O) groups excluding carboxylic acids is 1. The van der Waals surface area contributed by atoms with Gasteiger partial charge in [0.15, 0.2) is 0 Å². The van der Waals surface area contributed by atoms with E-state index in [4.69, 9.17) is 15.7 Å². The predicted molar refractivity (Wildman–Crippen MR) is 64.1 cm³/mol. The van der Waals surface area contributed by atoms with E-state index in [9.17, 15) is 4.79 Å². The smallest absolute Gasteiger partial charge is 0.405 e. The Morgan fingerprint density at radius 2 is 2.12 bits per heavy atom. The van der Waals surface area contributed by atoms with Crippen LogP contribution in [0.15, 0.2) is 18.2 Å². The van der Waals surface area contributed by atoms with Gasteiger partial charge in [-0.05, 0) is 36.1 Å². The van der Waals surface area contributed by atoms with Gasteiger partial charge >= 0.3 is 6.09 Å². The second-order valence-corrected chi connectivity index (χ2v) is 4.28. The van der Waals surface area contributed by atoms with Crippen LogP contribution in [0, 0.1) is 24.2 Å². The highest BCUT2D eigenvalue weighted by Gasteiger charge is 2.21. The van der Waals surface area contributed by atoms with Crippen molar-refractivity contribution in [3.05, 3.63) is 34.9 Å². The van der Waals surface area contributed by atoms with Crippen molar-refractivity contribution >= 4 is 6.09 Å². The van der Waals surface area contributed by atoms with E-state index in [1.165, 1.54) is 0 Å². The van der Waals surface area contributed by atoms with Gasteiger partial charge in [-0.2, -0.15) is 5.26 Å².